The summed E-state index contributed by atoms with van der Waals surface area (Å²) in [5, 5.41) is 17.6. The Kier molecular flexibility index (Phi) is 7.69. The van der Waals surface area contributed by atoms with Crippen molar-refractivity contribution in [3.63, 3.8) is 0 Å². The maximum atomic E-state index is 11.3. The van der Waals surface area contributed by atoms with E-state index in [2.05, 4.69) is 10.4 Å². The second-order valence-electron chi connectivity index (χ2n) is 6.20. The Morgan fingerprint density at radius 2 is 1.81 bits per heavy atom. The van der Waals surface area contributed by atoms with E-state index in [0.29, 0.717) is 17.1 Å². The SMILES string of the molecule is C[n+]1ccccc1.O.O=C1CN(N=Cc2ccc(-c3ccc([N+](=O)[O-])cc3)o2)C(=O)N1. The Morgan fingerprint density at radius 3 is 2.32 bits per heavy atom. The third kappa shape index (κ3) is 6.30. The number of furan rings is 1. The van der Waals surface area contributed by atoms with Crippen LogP contribution in [0.3, 0.4) is 0 Å². The Bertz CT molecular complexity index is 1080. The number of aromatic nitrogens is 1. The zero-order valence-electron chi connectivity index (χ0n) is 16.5. The van der Waals surface area contributed by atoms with Gasteiger partial charge in [0, 0.05) is 29.8 Å². The van der Waals surface area contributed by atoms with Gasteiger partial charge in [-0.3, -0.25) is 20.2 Å². The molecule has 1 aliphatic rings. The topological polar surface area (TPSA) is 153 Å². The minimum atomic E-state index is -0.589. The van der Waals surface area contributed by atoms with Crippen LogP contribution in [0.15, 0.2) is 76.5 Å². The summed E-state index contributed by atoms with van der Waals surface area (Å²) in [5.41, 5.74) is 0.663. The molecule has 2 aromatic heterocycles. The second kappa shape index (κ2) is 10.4. The van der Waals surface area contributed by atoms with E-state index in [1.54, 1.807) is 24.3 Å². The lowest BCUT2D eigenvalue weighted by atomic mass is 10.1. The molecular formula is C20H20N5O6+. The number of hydrazone groups is 1. The third-order valence-electron chi connectivity index (χ3n) is 3.95. The molecule has 3 N–H and O–H groups in total. The van der Waals surface area contributed by atoms with E-state index >= 15 is 0 Å². The van der Waals surface area contributed by atoms with Crippen molar-refractivity contribution in [3.05, 3.63) is 82.9 Å². The average Bonchev–Trinajstić information content (AvgIpc) is 3.33. The van der Waals surface area contributed by atoms with Gasteiger partial charge >= 0.3 is 6.03 Å². The molecule has 1 fully saturated rings. The smallest absolute Gasteiger partial charge is 0.344 e. The highest BCUT2D eigenvalue weighted by molar-refractivity contribution is 6.02. The number of nitro groups is 1. The number of amides is 3. The number of rotatable bonds is 4. The number of imide groups is 1. The van der Waals surface area contributed by atoms with Gasteiger partial charge in [-0.1, -0.05) is 6.07 Å². The van der Waals surface area contributed by atoms with Gasteiger partial charge in [-0.25, -0.2) is 14.4 Å². The minimum absolute atomic E-state index is 0. The molecule has 1 aliphatic heterocycles. The monoisotopic (exact) mass is 426 g/mol. The molecule has 4 rings (SSSR count). The summed E-state index contributed by atoms with van der Waals surface area (Å²) < 4.78 is 7.53. The Labute approximate surface area is 176 Å². The standard InChI is InChI=1S/C14H10N4O5.C6H8N.H2O/c19-13-8-17(14(20)16-13)15-7-11-5-6-12(23-11)9-1-3-10(4-2-9)18(21)22;1-7-5-3-2-4-6-7;/h1-7H,8H2,(H,16,19,20);2-6H,1H3;1H2/q;+1;. The van der Waals surface area contributed by atoms with E-state index in [4.69, 9.17) is 4.42 Å². The number of nitro benzene ring substituents is 1. The number of non-ortho nitro benzene ring substituents is 1. The number of aryl methyl sites for hydroxylation is 1. The van der Waals surface area contributed by atoms with Crippen LogP contribution < -0.4 is 9.88 Å². The lowest BCUT2D eigenvalue weighted by Crippen LogP contribution is -2.25. The van der Waals surface area contributed by atoms with Crippen LogP contribution in [-0.4, -0.2) is 40.1 Å². The van der Waals surface area contributed by atoms with Crippen LogP contribution in [0.25, 0.3) is 11.3 Å². The molecule has 160 valence electrons. The van der Waals surface area contributed by atoms with Crippen LogP contribution in [0.5, 0.6) is 0 Å². The number of hydrogen-bond acceptors (Lipinski definition) is 6. The molecule has 0 atom stereocenters. The molecule has 3 amide bonds. The number of nitrogens with one attached hydrogen (secondary N) is 1. The van der Waals surface area contributed by atoms with Crippen LogP contribution in [0.1, 0.15) is 5.76 Å². The highest BCUT2D eigenvalue weighted by Crippen LogP contribution is 2.24. The predicted molar refractivity (Wildman–Crippen MR) is 110 cm³/mol. The van der Waals surface area contributed by atoms with Crippen LogP contribution in [0.2, 0.25) is 0 Å². The summed E-state index contributed by atoms with van der Waals surface area (Å²) in [4.78, 5) is 32.5. The van der Waals surface area contributed by atoms with E-state index in [9.17, 15) is 19.7 Å². The fourth-order valence-corrected chi connectivity index (χ4v) is 2.46. The highest BCUT2D eigenvalue weighted by atomic mass is 16.6. The number of urea groups is 1. The summed E-state index contributed by atoms with van der Waals surface area (Å²) in [7, 11) is 2.00. The van der Waals surface area contributed by atoms with Gasteiger partial charge in [-0.05, 0) is 24.3 Å². The number of nitrogens with zero attached hydrogens (tertiary/aromatic N) is 4. The molecule has 0 bridgehead atoms. The van der Waals surface area contributed by atoms with E-state index in [0.717, 1.165) is 5.01 Å². The maximum absolute atomic E-state index is 11.3. The third-order valence-corrected chi connectivity index (χ3v) is 3.95. The molecule has 0 spiro atoms. The van der Waals surface area contributed by atoms with Crippen LogP contribution in [0, 0.1) is 10.1 Å². The quantitative estimate of drug-likeness (QED) is 0.220. The Balaban J connectivity index is 0.000000364. The predicted octanol–water partition coefficient (Wildman–Crippen LogP) is 1.43. The molecule has 31 heavy (non-hydrogen) atoms. The summed E-state index contributed by atoms with van der Waals surface area (Å²) >= 11 is 0. The number of benzene rings is 1. The van der Waals surface area contributed by atoms with Crippen molar-refractivity contribution in [2.45, 2.75) is 0 Å². The summed E-state index contributed by atoms with van der Waals surface area (Å²) in [5.74, 6) is 0.465. The van der Waals surface area contributed by atoms with Crippen molar-refractivity contribution in [1.29, 1.82) is 0 Å². The number of carbonyl (C=O) groups is 2. The lowest BCUT2D eigenvalue weighted by Gasteiger charge is -2.02. The zero-order valence-corrected chi connectivity index (χ0v) is 16.5. The van der Waals surface area contributed by atoms with Gasteiger partial charge in [0.2, 0.25) is 5.91 Å². The zero-order chi connectivity index (χ0) is 21.5. The first-order valence-electron chi connectivity index (χ1n) is 8.82. The fraction of sp³-hybridized carbons (Fsp3) is 0.100. The fourth-order valence-electron chi connectivity index (χ4n) is 2.46. The first-order valence-corrected chi connectivity index (χ1v) is 8.82. The largest absolute Gasteiger partial charge is 0.455 e. The van der Waals surface area contributed by atoms with Gasteiger partial charge in [0.05, 0.1) is 11.1 Å². The molecule has 3 aromatic rings. The maximum Gasteiger partial charge on any atom is 0.344 e. The van der Waals surface area contributed by atoms with Crippen LogP contribution in [0.4, 0.5) is 10.5 Å². The van der Waals surface area contributed by atoms with Crippen LogP contribution in [-0.2, 0) is 11.8 Å². The first kappa shape index (κ1) is 22.9. The van der Waals surface area contributed by atoms with E-state index in [1.807, 2.05) is 42.2 Å². The van der Waals surface area contributed by atoms with E-state index < -0.39 is 16.9 Å². The number of pyridine rings is 1. The minimum Gasteiger partial charge on any atom is -0.455 e. The molecule has 11 heteroatoms. The number of hydrogen-bond donors (Lipinski definition) is 1. The van der Waals surface area contributed by atoms with E-state index in [1.165, 1.54) is 18.3 Å². The van der Waals surface area contributed by atoms with Gasteiger partial charge in [0.25, 0.3) is 5.69 Å². The van der Waals surface area contributed by atoms with Crippen molar-refractivity contribution in [2.24, 2.45) is 12.1 Å². The van der Waals surface area contributed by atoms with Crippen LogP contribution >= 0.6 is 0 Å². The molecule has 1 saturated heterocycles. The van der Waals surface area contributed by atoms with Gasteiger partial charge in [0.1, 0.15) is 25.1 Å². The van der Waals surface area contributed by atoms with Crippen molar-refractivity contribution < 1.29 is 29.0 Å². The molecule has 0 radical (unpaired) electrons. The second-order valence-corrected chi connectivity index (χ2v) is 6.20. The Morgan fingerprint density at radius 1 is 1.13 bits per heavy atom. The molecule has 1 aromatic carbocycles. The van der Waals surface area contributed by atoms with Crippen molar-refractivity contribution in [1.82, 2.24) is 10.3 Å². The van der Waals surface area contributed by atoms with Gasteiger partial charge in [-0.15, -0.1) is 0 Å². The normalized spacial score (nSPS) is 12.7. The van der Waals surface area contributed by atoms with Gasteiger partial charge in [-0.2, -0.15) is 5.10 Å². The summed E-state index contributed by atoms with van der Waals surface area (Å²) in [6.07, 6.45) is 5.31. The average molecular weight is 426 g/mol. The molecule has 0 saturated carbocycles. The first-order chi connectivity index (χ1) is 14.4. The molecular weight excluding hydrogens is 406 g/mol. The van der Waals surface area contributed by atoms with Crippen molar-refractivity contribution >= 4 is 23.8 Å². The molecule has 0 unspecified atom stereocenters. The van der Waals surface area contributed by atoms with Gasteiger partial charge in [0.15, 0.2) is 12.4 Å². The Hall–Kier alpha value is -4.38. The molecule has 0 aliphatic carbocycles. The summed E-state index contributed by atoms with van der Waals surface area (Å²) in [6.45, 7) is -0.134. The van der Waals surface area contributed by atoms with Crippen molar-refractivity contribution in [2.75, 3.05) is 6.54 Å². The van der Waals surface area contributed by atoms with Crippen molar-refractivity contribution in [3.8, 4) is 11.3 Å². The lowest BCUT2D eigenvalue weighted by molar-refractivity contribution is -0.671. The molecule has 11 nitrogen and oxygen atoms in total. The van der Waals surface area contributed by atoms with Gasteiger partial charge < -0.3 is 9.89 Å². The molecule has 3 heterocycles. The highest BCUT2D eigenvalue weighted by Gasteiger charge is 2.26. The summed E-state index contributed by atoms with van der Waals surface area (Å²) in [6, 6.07) is 14.6. The number of carbonyl (C=O) groups excluding carboxylic acids is 2. The van der Waals surface area contributed by atoms with E-state index in [-0.39, 0.29) is 17.7 Å².